The maximum atomic E-state index is 15.0. The molecule has 0 aliphatic carbocycles. The van der Waals surface area contributed by atoms with Gasteiger partial charge in [-0.25, -0.2) is 9.18 Å². The van der Waals surface area contributed by atoms with E-state index in [0.717, 1.165) is 16.8 Å². The third-order valence-electron chi connectivity index (χ3n) is 5.10. The molecule has 2 fully saturated rings. The lowest BCUT2D eigenvalue weighted by atomic mass is 9.81. The molecule has 0 radical (unpaired) electrons. The molecule has 11 heteroatoms. The van der Waals surface area contributed by atoms with E-state index in [1.54, 1.807) is 6.92 Å². The number of hydrogen-bond donors (Lipinski definition) is 4. The number of rotatable bonds is 4. The van der Waals surface area contributed by atoms with Crippen LogP contribution in [0.15, 0.2) is 21.9 Å². The standard InChI is InChI=1S/C16H22FN3O7/c1-15(3-5-18-6-4-15)13(24)26-8-16(17)11(23)10(22)12(27-16)20-7-2-9(21)19-14(20)25/h2,7,10-12,18,22-23H,3-6,8H2,1H3,(H,19,21,25)/t10-,11+,12-,16-/m1/s1. The molecule has 27 heavy (non-hydrogen) atoms. The van der Waals surface area contributed by atoms with Crippen molar-refractivity contribution in [2.45, 2.75) is 44.1 Å². The number of aromatic nitrogens is 2. The van der Waals surface area contributed by atoms with E-state index in [9.17, 15) is 24.6 Å². The van der Waals surface area contributed by atoms with Crippen molar-refractivity contribution < 1.29 is 28.9 Å². The van der Waals surface area contributed by atoms with Crippen molar-refractivity contribution in [3.63, 3.8) is 0 Å². The number of aliphatic hydroxyl groups excluding tert-OH is 2. The van der Waals surface area contributed by atoms with Crippen molar-refractivity contribution in [1.82, 2.24) is 14.9 Å². The lowest BCUT2D eigenvalue weighted by Gasteiger charge is -2.32. The van der Waals surface area contributed by atoms with Crippen LogP contribution in [0.25, 0.3) is 0 Å². The average molecular weight is 387 g/mol. The lowest BCUT2D eigenvalue weighted by Crippen LogP contribution is -2.46. The molecule has 0 spiro atoms. The lowest BCUT2D eigenvalue weighted by molar-refractivity contribution is -0.220. The van der Waals surface area contributed by atoms with E-state index in [1.165, 1.54) is 0 Å². The van der Waals surface area contributed by atoms with E-state index in [4.69, 9.17) is 9.47 Å². The maximum absolute atomic E-state index is 15.0. The number of carbonyl (C=O) groups excluding carboxylic acids is 1. The number of nitrogens with one attached hydrogen (secondary N) is 2. The zero-order chi connectivity index (χ0) is 19.8. The molecule has 4 atom stereocenters. The highest BCUT2D eigenvalue weighted by Gasteiger charge is 2.57. The number of nitrogens with zero attached hydrogens (tertiary/aromatic N) is 1. The summed E-state index contributed by atoms with van der Waals surface area (Å²) < 4.78 is 25.9. The third kappa shape index (κ3) is 3.68. The number of carbonyl (C=O) groups is 1. The molecule has 2 aliphatic rings. The molecule has 0 bridgehead atoms. The molecule has 2 aliphatic heterocycles. The fourth-order valence-corrected chi connectivity index (χ4v) is 3.24. The van der Waals surface area contributed by atoms with Crippen LogP contribution in [0.2, 0.25) is 0 Å². The number of H-pyrrole nitrogens is 1. The van der Waals surface area contributed by atoms with Crippen molar-refractivity contribution in [3.05, 3.63) is 33.1 Å². The number of halogens is 1. The van der Waals surface area contributed by atoms with Gasteiger partial charge in [-0.3, -0.25) is 19.1 Å². The Hall–Kier alpha value is -2.08. The summed E-state index contributed by atoms with van der Waals surface area (Å²) in [5, 5.41) is 23.2. The molecule has 0 amide bonds. The number of ether oxygens (including phenoxy) is 2. The Kier molecular flexibility index (Phi) is 5.21. The van der Waals surface area contributed by atoms with Crippen LogP contribution in [0.1, 0.15) is 26.0 Å². The Bertz CT molecular complexity index is 819. The monoisotopic (exact) mass is 387 g/mol. The summed E-state index contributed by atoms with van der Waals surface area (Å²) in [6.45, 7) is 2.02. The number of piperidine rings is 1. The van der Waals surface area contributed by atoms with E-state index in [1.807, 2.05) is 4.98 Å². The summed E-state index contributed by atoms with van der Waals surface area (Å²) in [7, 11) is 0. The van der Waals surface area contributed by atoms with Gasteiger partial charge in [0.05, 0.1) is 5.41 Å². The Morgan fingerprint density at radius 1 is 1.41 bits per heavy atom. The van der Waals surface area contributed by atoms with Gasteiger partial charge >= 0.3 is 11.7 Å². The number of alkyl halides is 1. The number of aliphatic hydroxyl groups is 2. The summed E-state index contributed by atoms with van der Waals surface area (Å²) in [5.41, 5.74) is -2.40. The maximum Gasteiger partial charge on any atom is 0.330 e. The van der Waals surface area contributed by atoms with E-state index in [0.29, 0.717) is 25.9 Å². The third-order valence-corrected chi connectivity index (χ3v) is 5.10. The molecule has 0 unspecified atom stereocenters. The van der Waals surface area contributed by atoms with E-state index in [2.05, 4.69) is 5.32 Å². The summed E-state index contributed by atoms with van der Waals surface area (Å²) in [6, 6.07) is 0.986. The van der Waals surface area contributed by atoms with Gasteiger partial charge in [0.25, 0.3) is 11.4 Å². The van der Waals surface area contributed by atoms with Crippen molar-refractivity contribution in [2.24, 2.45) is 5.41 Å². The van der Waals surface area contributed by atoms with Gasteiger partial charge in [0, 0.05) is 12.3 Å². The molecule has 10 nitrogen and oxygen atoms in total. The topological polar surface area (TPSA) is 143 Å². The van der Waals surface area contributed by atoms with Crippen molar-refractivity contribution >= 4 is 5.97 Å². The molecule has 3 rings (SSSR count). The molecule has 150 valence electrons. The second-order valence-electron chi connectivity index (χ2n) is 7.13. The van der Waals surface area contributed by atoms with Gasteiger partial charge in [-0.1, -0.05) is 0 Å². The van der Waals surface area contributed by atoms with Gasteiger partial charge in [-0.15, -0.1) is 0 Å². The predicted molar refractivity (Wildman–Crippen MR) is 88.5 cm³/mol. The average Bonchev–Trinajstić information content (AvgIpc) is 2.85. The Morgan fingerprint density at radius 2 is 2.07 bits per heavy atom. The Balaban J connectivity index is 1.72. The fourth-order valence-electron chi connectivity index (χ4n) is 3.24. The van der Waals surface area contributed by atoms with Gasteiger partial charge in [-0.05, 0) is 32.9 Å². The molecular weight excluding hydrogens is 365 g/mol. The van der Waals surface area contributed by atoms with E-state index >= 15 is 4.39 Å². The summed E-state index contributed by atoms with van der Waals surface area (Å²) in [6.07, 6.45) is -3.42. The highest BCUT2D eigenvalue weighted by Crippen LogP contribution is 2.39. The van der Waals surface area contributed by atoms with Crippen LogP contribution in [0.3, 0.4) is 0 Å². The molecule has 2 saturated heterocycles. The minimum absolute atomic E-state index is 0.520. The zero-order valence-electron chi connectivity index (χ0n) is 14.7. The van der Waals surface area contributed by atoms with Gasteiger partial charge in [0.15, 0.2) is 12.8 Å². The van der Waals surface area contributed by atoms with Crippen LogP contribution < -0.4 is 16.6 Å². The minimum Gasteiger partial charge on any atom is -0.459 e. The van der Waals surface area contributed by atoms with Crippen LogP contribution in [0, 0.1) is 5.41 Å². The Labute approximate surface area is 152 Å². The first-order valence-electron chi connectivity index (χ1n) is 8.59. The highest BCUT2D eigenvalue weighted by atomic mass is 19.2. The fraction of sp³-hybridized carbons (Fsp3) is 0.688. The molecule has 1 aromatic rings. The van der Waals surface area contributed by atoms with Crippen molar-refractivity contribution in [2.75, 3.05) is 19.7 Å². The second kappa shape index (κ2) is 7.15. The minimum atomic E-state index is -2.90. The first-order valence-corrected chi connectivity index (χ1v) is 8.59. The summed E-state index contributed by atoms with van der Waals surface area (Å²) in [4.78, 5) is 37.2. The van der Waals surface area contributed by atoms with Crippen molar-refractivity contribution in [3.8, 4) is 0 Å². The Morgan fingerprint density at radius 3 is 2.70 bits per heavy atom. The van der Waals surface area contributed by atoms with Gasteiger partial charge in [0.1, 0.15) is 12.2 Å². The quantitative estimate of drug-likeness (QED) is 0.452. The zero-order valence-corrected chi connectivity index (χ0v) is 14.7. The summed E-state index contributed by atoms with van der Waals surface area (Å²) >= 11 is 0. The highest BCUT2D eigenvalue weighted by molar-refractivity contribution is 5.76. The van der Waals surface area contributed by atoms with Crippen molar-refractivity contribution in [1.29, 1.82) is 0 Å². The normalized spacial score (nSPS) is 33.0. The van der Waals surface area contributed by atoms with Gasteiger partial charge < -0.3 is 25.0 Å². The van der Waals surface area contributed by atoms with E-state index in [-0.39, 0.29) is 0 Å². The number of aromatic amines is 1. The molecule has 0 aromatic carbocycles. The van der Waals surface area contributed by atoms with E-state index < -0.39 is 53.5 Å². The van der Waals surface area contributed by atoms with Crippen LogP contribution in [0.4, 0.5) is 4.39 Å². The first kappa shape index (κ1) is 19.7. The SMILES string of the molecule is CC1(C(=O)OC[C@@]2(F)O[C@@H](n3ccc(=O)[nH]c3=O)[C@H](O)[C@@H]2O)CCNCC1. The second-order valence-corrected chi connectivity index (χ2v) is 7.13. The van der Waals surface area contributed by atoms with Crippen LogP contribution in [-0.4, -0.2) is 63.5 Å². The first-order chi connectivity index (χ1) is 12.7. The van der Waals surface area contributed by atoms with Crippen LogP contribution in [-0.2, 0) is 14.3 Å². The molecule has 3 heterocycles. The largest absolute Gasteiger partial charge is 0.459 e. The molecule has 4 N–H and O–H groups in total. The number of hydrogen-bond acceptors (Lipinski definition) is 8. The van der Waals surface area contributed by atoms with Crippen LogP contribution >= 0.6 is 0 Å². The molecular formula is C16H22FN3O7. The van der Waals surface area contributed by atoms with Crippen LogP contribution in [0.5, 0.6) is 0 Å². The smallest absolute Gasteiger partial charge is 0.330 e. The number of esters is 1. The summed E-state index contributed by atoms with van der Waals surface area (Å²) in [5.74, 6) is -3.53. The van der Waals surface area contributed by atoms with Gasteiger partial charge in [-0.2, -0.15) is 0 Å². The molecule has 1 aromatic heterocycles. The predicted octanol–water partition coefficient (Wildman–Crippen LogP) is -1.61. The molecule has 0 saturated carbocycles. The van der Waals surface area contributed by atoms with Gasteiger partial charge in [0.2, 0.25) is 0 Å².